The van der Waals surface area contributed by atoms with E-state index < -0.39 is 5.60 Å². The second kappa shape index (κ2) is 5.98. The quantitative estimate of drug-likeness (QED) is 0.694. The Labute approximate surface area is 136 Å². The van der Waals surface area contributed by atoms with Gasteiger partial charge in [-0.3, -0.25) is 0 Å². The van der Waals surface area contributed by atoms with E-state index in [1.165, 1.54) is 12.1 Å². The Kier molecular flexibility index (Phi) is 4.01. The van der Waals surface area contributed by atoms with Crippen LogP contribution in [-0.2, 0) is 5.60 Å². The third-order valence-electron chi connectivity index (χ3n) is 4.20. The Bertz CT molecular complexity index is 676. The van der Waals surface area contributed by atoms with Crippen molar-refractivity contribution in [2.75, 3.05) is 0 Å². The molecule has 0 saturated carbocycles. The van der Waals surface area contributed by atoms with Crippen molar-refractivity contribution in [3.63, 3.8) is 0 Å². The summed E-state index contributed by atoms with van der Waals surface area (Å²) in [5, 5.41) is 11.6. The Morgan fingerprint density at radius 1 is 0.609 bits per heavy atom. The second-order valence-corrected chi connectivity index (χ2v) is 5.95. The molecule has 116 valence electrons. The van der Waals surface area contributed by atoms with Crippen molar-refractivity contribution in [1.82, 2.24) is 0 Å². The molecular formula is C21H19FO. The van der Waals surface area contributed by atoms with E-state index in [1.807, 2.05) is 62.4 Å². The van der Waals surface area contributed by atoms with E-state index >= 15 is 0 Å². The van der Waals surface area contributed by atoms with Crippen molar-refractivity contribution in [3.8, 4) is 0 Å². The Morgan fingerprint density at radius 3 is 1.26 bits per heavy atom. The summed E-state index contributed by atoms with van der Waals surface area (Å²) < 4.78 is 13.3. The van der Waals surface area contributed by atoms with Crippen LogP contribution < -0.4 is 0 Å². The van der Waals surface area contributed by atoms with Gasteiger partial charge in [-0.1, -0.05) is 71.8 Å². The van der Waals surface area contributed by atoms with Gasteiger partial charge in [-0.25, -0.2) is 4.39 Å². The first kappa shape index (κ1) is 15.4. The van der Waals surface area contributed by atoms with Crippen LogP contribution in [0.1, 0.15) is 27.8 Å². The molecule has 3 aromatic carbocycles. The molecular weight excluding hydrogens is 287 g/mol. The summed E-state index contributed by atoms with van der Waals surface area (Å²) in [7, 11) is 0. The number of hydrogen-bond acceptors (Lipinski definition) is 1. The van der Waals surface area contributed by atoms with Gasteiger partial charge in [-0.05, 0) is 42.7 Å². The Hall–Kier alpha value is -2.45. The maximum absolute atomic E-state index is 13.3. The van der Waals surface area contributed by atoms with Crippen LogP contribution in [0.3, 0.4) is 0 Å². The minimum atomic E-state index is -1.31. The topological polar surface area (TPSA) is 20.2 Å². The highest BCUT2D eigenvalue weighted by Gasteiger charge is 2.33. The first-order chi connectivity index (χ1) is 11.0. The maximum Gasteiger partial charge on any atom is 0.140 e. The van der Waals surface area contributed by atoms with Gasteiger partial charge in [-0.15, -0.1) is 0 Å². The van der Waals surface area contributed by atoms with E-state index in [9.17, 15) is 9.50 Å². The molecule has 0 saturated heterocycles. The van der Waals surface area contributed by atoms with Gasteiger partial charge in [0.25, 0.3) is 0 Å². The highest BCUT2D eigenvalue weighted by atomic mass is 19.1. The lowest BCUT2D eigenvalue weighted by molar-refractivity contribution is 0.125. The van der Waals surface area contributed by atoms with Gasteiger partial charge in [0.2, 0.25) is 0 Å². The minimum absolute atomic E-state index is 0.316. The SMILES string of the molecule is Cc1ccc(C(O)(c2ccc(C)cc2)c2ccc(F)cc2)cc1. The third kappa shape index (κ3) is 2.90. The summed E-state index contributed by atoms with van der Waals surface area (Å²) in [5.41, 5.74) is 3.11. The fourth-order valence-electron chi connectivity index (χ4n) is 2.78. The molecule has 0 aromatic heterocycles. The predicted octanol–water partition coefficient (Wildman–Crippen LogP) is 4.73. The smallest absolute Gasteiger partial charge is 0.140 e. The highest BCUT2D eigenvalue weighted by molar-refractivity contribution is 5.47. The van der Waals surface area contributed by atoms with Crippen molar-refractivity contribution >= 4 is 0 Å². The monoisotopic (exact) mass is 306 g/mol. The van der Waals surface area contributed by atoms with Gasteiger partial charge >= 0.3 is 0 Å². The molecule has 0 heterocycles. The number of rotatable bonds is 3. The highest BCUT2D eigenvalue weighted by Crippen LogP contribution is 2.36. The summed E-state index contributed by atoms with van der Waals surface area (Å²) >= 11 is 0. The molecule has 1 nitrogen and oxygen atoms in total. The van der Waals surface area contributed by atoms with Crippen LogP contribution in [-0.4, -0.2) is 5.11 Å². The van der Waals surface area contributed by atoms with Crippen LogP contribution >= 0.6 is 0 Å². The van der Waals surface area contributed by atoms with E-state index in [-0.39, 0.29) is 5.82 Å². The zero-order valence-corrected chi connectivity index (χ0v) is 13.3. The fourth-order valence-corrected chi connectivity index (χ4v) is 2.78. The Morgan fingerprint density at radius 2 is 0.913 bits per heavy atom. The Balaban J connectivity index is 2.21. The summed E-state index contributed by atoms with van der Waals surface area (Å²) in [6.07, 6.45) is 0. The number of aliphatic hydroxyl groups is 1. The summed E-state index contributed by atoms with van der Waals surface area (Å²) in [4.78, 5) is 0. The zero-order valence-electron chi connectivity index (χ0n) is 13.3. The molecule has 3 rings (SSSR count). The van der Waals surface area contributed by atoms with Gasteiger partial charge in [0.15, 0.2) is 0 Å². The molecule has 0 spiro atoms. The normalized spacial score (nSPS) is 11.5. The van der Waals surface area contributed by atoms with Crippen LogP contribution in [0, 0.1) is 19.7 Å². The molecule has 0 fully saturated rings. The zero-order chi connectivity index (χ0) is 16.4. The largest absolute Gasteiger partial charge is 0.376 e. The number of benzene rings is 3. The average Bonchev–Trinajstić information content (AvgIpc) is 2.56. The van der Waals surface area contributed by atoms with E-state index in [4.69, 9.17) is 0 Å². The van der Waals surface area contributed by atoms with E-state index in [0.29, 0.717) is 5.56 Å². The van der Waals surface area contributed by atoms with Crippen LogP contribution in [0.5, 0.6) is 0 Å². The van der Waals surface area contributed by atoms with Gasteiger partial charge in [-0.2, -0.15) is 0 Å². The molecule has 0 bridgehead atoms. The summed E-state index contributed by atoms with van der Waals surface area (Å²) in [6.45, 7) is 4.01. The van der Waals surface area contributed by atoms with Crippen LogP contribution in [0.2, 0.25) is 0 Å². The molecule has 23 heavy (non-hydrogen) atoms. The van der Waals surface area contributed by atoms with Crippen LogP contribution in [0.4, 0.5) is 4.39 Å². The van der Waals surface area contributed by atoms with E-state index in [0.717, 1.165) is 22.3 Å². The lowest BCUT2D eigenvalue weighted by Crippen LogP contribution is -2.28. The maximum atomic E-state index is 13.3. The third-order valence-corrected chi connectivity index (χ3v) is 4.20. The van der Waals surface area contributed by atoms with Gasteiger partial charge in [0.05, 0.1) is 0 Å². The summed E-state index contributed by atoms with van der Waals surface area (Å²) in [5.74, 6) is -0.316. The lowest BCUT2D eigenvalue weighted by Gasteiger charge is -2.30. The average molecular weight is 306 g/mol. The molecule has 3 aromatic rings. The van der Waals surface area contributed by atoms with Gasteiger partial charge < -0.3 is 5.11 Å². The molecule has 0 aliphatic carbocycles. The number of halogens is 1. The first-order valence-electron chi connectivity index (χ1n) is 7.63. The van der Waals surface area contributed by atoms with Gasteiger partial charge in [0.1, 0.15) is 11.4 Å². The number of aryl methyl sites for hydroxylation is 2. The van der Waals surface area contributed by atoms with E-state index in [2.05, 4.69) is 0 Å². The van der Waals surface area contributed by atoms with E-state index in [1.54, 1.807) is 12.1 Å². The molecule has 1 N–H and O–H groups in total. The predicted molar refractivity (Wildman–Crippen MR) is 90.9 cm³/mol. The molecule has 0 atom stereocenters. The first-order valence-corrected chi connectivity index (χ1v) is 7.63. The number of hydrogen-bond donors (Lipinski definition) is 1. The van der Waals surface area contributed by atoms with Gasteiger partial charge in [0, 0.05) is 0 Å². The molecule has 0 unspecified atom stereocenters. The molecule has 0 radical (unpaired) electrons. The lowest BCUT2D eigenvalue weighted by atomic mass is 9.80. The van der Waals surface area contributed by atoms with Crippen molar-refractivity contribution in [2.24, 2.45) is 0 Å². The molecule has 0 aliphatic heterocycles. The molecule has 2 heteroatoms. The van der Waals surface area contributed by atoms with Crippen molar-refractivity contribution in [1.29, 1.82) is 0 Å². The molecule has 0 aliphatic rings. The van der Waals surface area contributed by atoms with Crippen LogP contribution in [0.15, 0.2) is 72.8 Å². The molecule has 0 amide bonds. The fraction of sp³-hybridized carbons (Fsp3) is 0.143. The summed E-state index contributed by atoms with van der Waals surface area (Å²) in [6, 6.07) is 21.6. The standard InChI is InChI=1S/C21H19FO/c1-15-3-7-17(8-4-15)21(23,18-9-5-16(2)6-10-18)19-11-13-20(22)14-12-19/h3-14,23H,1-2H3. The van der Waals surface area contributed by atoms with Crippen molar-refractivity contribution in [2.45, 2.75) is 19.4 Å². The second-order valence-electron chi connectivity index (χ2n) is 5.95. The van der Waals surface area contributed by atoms with Crippen molar-refractivity contribution < 1.29 is 9.50 Å². The van der Waals surface area contributed by atoms with Crippen LogP contribution in [0.25, 0.3) is 0 Å². The van der Waals surface area contributed by atoms with Crippen molar-refractivity contribution in [3.05, 3.63) is 106 Å². The minimum Gasteiger partial charge on any atom is -0.376 e.